The molecule has 1 aromatic heterocycles. The first kappa shape index (κ1) is 13.5. The molecule has 22 heavy (non-hydrogen) atoms. The Kier molecular flexibility index (Phi) is 3.43. The van der Waals surface area contributed by atoms with E-state index in [0.29, 0.717) is 0 Å². The van der Waals surface area contributed by atoms with Crippen molar-refractivity contribution >= 4 is 10.9 Å². The summed E-state index contributed by atoms with van der Waals surface area (Å²) < 4.78 is 13.3. The molecule has 4 rings (SSSR count). The predicted molar refractivity (Wildman–Crippen MR) is 87.4 cm³/mol. The number of benzene rings is 2. The highest BCUT2D eigenvalue weighted by Crippen LogP contribution is 2.20. The van der Waals surface area contributed by atoms with Gasteiger partial charge >= 0.3 is 0 Å². The molecule has 0 fully saturated rings. The highest BCUT2D eigenvalue weighted by Gasteiger charge is 2.14. The standard InChI is InChI=1S/C19H19FN2/c20-17-6-5-16-11-18(21-19(16)12-17)13-22-9-7-14-3-1-2-4-15(14)8-10-22/h1-6,11-12,21H,7-10,13H2. The van der Waals surface area contributed by atoms with Gasteiger partial charge in [0.15, 0.2) is 0 Å². The third-order valence-corrected chi connectivity index (χ3v) is 4.55. The fraction of sp³-hybridized carbons (Fsp3) is 0.263. The van der Waals surface area contributed by atoms with Gasteiger partial charge in [0, 0.05) is 30.8 Å². The van der Waals surface area contributed by atoms with Crippen molar-refractivity contribution in [2.45, 2.75) is 19.4 Å². The van der Waals surface area contributed by atoms with Crippen LogP contribution in [0.5, 0.6) is 0 Å². The van der Waals surface area contributed by atoms with Gasteiger partial charge in [0.25, 0.3) is 0 Å². The molecule has 3 heteroatoms. The number of fused-ring (bicyclic) bond motifs is 2. The summed E-state index contributed by atoms with van der Waals surface area (Å²) in [4.78, 5) is 5.82. The normalized spacial score (nSPS) is 15.7. The van der Waals surface area contributed by atoms with Crippen molar-refractivity contribution < 1.29 is 4.39 Å². The molecule has 2 nitrogen and oxygen atoms in total. The van der Waals surface area contributed by atoms with Gasteiger partial charge in [-0.2, -0.15) is 0 Å². The van der Waals surface area contributed by atoms with Gasteiger partial charge in [0.05, 0.1) is 0 Å². The van der Waals surface area contributed by atoms with Crippen LogP contribution in [-0.4, -0.2) is 23.0 Å². The molecule has 0 saturated heterocycles. The average Bonchev–Trinajstić information content (AvgIpc) is 2.80. The summed E-state index contributed by atoms with van der Waals surface area (Å²) in [5.74, 6) is -0.189. The van der Waals surface area contributed by atoms with Crippen LogP contribution in [0.1, 0.15) is 16.8 Å². The van der Waals surface area contributed by atoms with E-state index >= 15 is 0 Å². The lowest BCUT2D eigenvalue weighted by Gasteiger charge is -2.18. The third kappa shape index (κ3) is 2.64. The van der Waals surface area contributed by atoms with Crippen LogP contribution in [0.4, 0.5) is 4.39 Å². The highest BCUT2D eigenvalue weighted by atomic mass is 19.1. The van der Waals surface area contributed by atoms with Crippen molar-refractivity contribution in [3.8, 4) is 0 Å². The zero-order chi connectivity index (χ0) is 14.9. The van der Waals surface area contributed by atoms with E-state index in [9.17, 15) is 4.39 Å². The third-order valence-electron chi connectivity index (χ3n) is 4.55. The average molecular weight is 294 g/mol. The summed E-state index contributed by atoms with van der Waals surface area (Å²) in [5, 5.41) is 1.08. The van der Waals surface area contributed by atoms with E-state index < -0.39 is 0 Å². The van der Waals surface area contributed by atoms with Crippen LogP contribution in [0, 0.1) is 5.82 Å². The predicted octanol–water partition coefficient (Wildman–Crippen LogP) is 3.91. The second-order valence-electron chi connectivity index (χ2n) is 6.07. The van der Waals surface area contributed by atoms with E-state index in [4.69, 9.17) is 0 Å². The van der Waals surface area contributed by atoms with Gasteiger partial charge < -0.3 is 4.98 Å². The van der Waals surface area contributed by atoms with Crippen LogP contribution in [0.15, 0.2) is 48.5 Å². The first-order valence-electron chi connectivity index (χ1n) is 7.84. The molecular formula is C19H19FN2. The van der Waals surface area contributed by atoms with Crippen molar-refractivity contribution in [3.05, 3.63) is 71.2 Å². The minimum absolute atomic E-state index is 0.189. The number of hydrogen-bond acceptors (Lipinski definition) is 1. The molecule has 0 saturated carbocycles. The summed E-state index contributed by atoms with van der Waals surface area (Å²) >= 11 is 0. The second kappa shape index (κ2) is 5.58. The lowest BCUT2D eigenvalue weighted by Crippen LogP contribution is -2.26. The van der Waals surface area contributed by atoms with Crippen LogP contribution >= 0.6 is 0 Å². The van der Waals surface area contributed by atoms with Crippen molar-refractivity contribution in [2.24, 2.45) is 0 Å². The number of H-pyrrole nitrogens is 1. The Labute approximate surface area is 129 Å². The van der Waals surface area contributed by atoms with E-state index in [1.807, 2.05) is 6.07 Å². The van der Waals surface area contributed by atoms with Gasteiger partial charge in [-0.05, 0) is 53.6 Å². The minimum Gasteiger partial charge on any atom is -0.357 e. The van der Waals surface area contributed by atoms with Gasteiger partial charge in [-0.15, -0.1) is 0 Å². The Morgan fingerprint density at radius 2 is 1.68 bits per heavy atom. The van der Waals surface area contributed by atoms with Gasteiger partial charge in [0.2, 0.25) is 0 Å². The lowest BCUT2D eigenvalue weighted by molar-refractivity contribution is 0.276. The summed E-state index contributed by atoms with van der Waals surface area (Å²) in [6, 6.07) is 15.8. The molecule has 2 aromatic carbocycles. The van der Waals surface area contributed by atoms with E-state index in [-0.39, 0.29) is 5.82 Å². The zero-order valence-electron chi connectivity index (χ0n) is 12.5. The maximum Gasteiger partial charge on any atom is 0.125 e. The number of rotatable bonds is 2. The molecule has 0 atom stereocenters. The van der Waals surface area contributed by atoms with E-state index in [1.54, 1.807) is 6.07 Å². The first-order valence-corrected chi connectivity index (χ1v) is 7.84. The fourth-order valence-electron chi connectivity index (χ4n) is 3.36. The van der Waals surface area contributed by atoms with Crippen LogP contribution in [0.2, 0.25) is 0 Å². The molecule has 3 aromatic rings. The molecule has 112 valence electrons. The Hall–Kier alpha value is -2.13. The Morgan fingerprint density at radius 1 is 0.955 bits per heavy atom. The zero-order valence-corrected chi connectivity index (χ0v) is 12.5. The van der Waals surface area contributed by atoms with Crippen molar-refractivity contribution in [1.82, 2.24) is 9.88 Å². The van der Waals surface area contributed by atoms with Gasteiger partial charge in [-0.3, -0.25) is 4.90 Å². The van der Waals surface area contributed by atoms with Crippen LogP contribution in [-0.2, 0) is 19.4 Å². The highest BCUT2D eigenvalue weighted by molar-refractivity contribution is 5.80. The molecule has 1 aliphatic rings. The topological polar surface area (TPSA) is 19.0 Å². The van der Waals surface area contributed by atoms with Crippen molar-refractivity contribution in [1.29, 1.82) is 0 Å². The molecule has 0 amide bonds. The molecule has 0 bridgehead atoms. The molecule has 1 aliphatic heterocycles. The summed E-state index contributed by atoms with van der Waals surface area (Å²) in [6.45, 7) is 3.03. The second-order valence-corrected chi connectivity index (χ2v) is 6.07. The first-order chi connectivity index (χ1) is 10.8. The monoisotopic (exact) mass is 294 g/mol. The Morgan fingerprint density at radius 3 is 2.41 bits per heavy atom. The van der Waals surface area contributed by atoms with Crippen LogP contribution in [0.25, 0.3) is 10.9 Å². The number of halogens is 1. The number of hydrogen-bond donors (Lipinski definition) is 1. The van der Waals surface area contributed by atoms with Crippen molar-refractivity contribution in [3.63, 3.8) is 0 Å². The molecule has 1 N–H and O–H groups in total. The van der Waals surface area contributed by atoms with Crippen LogP contribution in [0.3, 0.4) is 0 Å². The van der Waals surface area contributed by atoms with E-state index in [0.717, 1.165) is 49.1 Å². The van der Waals surface area contributed by atoms with Gasteiger partial charge in [-0.25, -0.2) is 4.39 Å². The Balaban J connectivity index is 1.51. The SMILES string of the molecule is Fc1ccc2cc(CN3CCc4ccccc4CC3)[nH]c2c1. The van der Waals surface area contributed by atoms with E-state index in [2.05, 4.69) is 40.2 Å². The molecule has 2 heterocycles. The summed E-state index contributed by atoms with van der Waals surface area (Å²) in [5.41, 5.74) is 4.99. The largest absolute Gasteiger partial charge is 0.357 e. The lowest BCUT2D eigenvalue weighted by atomic mass is 10.0. The Bertz CT molecular complexity index is 779. The van der Waals surface area contributed by atoms with E-state index in [1.165, 1.54) is 17.2 Å². The fourth-order valence-corrected chi connectivity index (χ4v) is 3.36. The number of aromatic amines is 1. The minimum atomic E-state index is -0.189. The van der Waals surface area contributed by atoms with Crippen molar-refractivity contribution in [2.75, 3.05) is 13.1 Å². The maximum atomic E-state index is 13.3. The van der Waals surface area contributed by atoms with Gasteiger partial charge in [0.1, 0.15) is 5.82 Å². The number of aromatic nitrogens is 1. The van der Waals surface area contributed by atoms with Gasteiger partial charge in [-0.1, -0.05) is 24.3 Å². The quantitative estimate of drug-likeness (QED) is 0.759. The molecule has 0 unspecified atom stereocenters. The van der Waals surface area contributed by atoms with Crippen LogP contribution < -0.4 is 0 Å². The molecule has 0 spiro atoms. The smallest absolute Gasteiger partial charge is 0.125 e. The molecule has 0 aliphatic carbocycles. The summed E-state index contributed by atoms with van der Waals surface area (Å²) in [7, 11) is 0. The molecular weight excluding hydrogens is 275 g/mol. The number of nitrogens with one attached hydrogen (secondary N) is 1. The number of nitrogens with zero attached hydrogens (tertiary/aromatic N) is 1. The summed E-state index contributed by atoms with van der Waals surface area (Å²) in [6.07, 6.45) is 2.20. The maximum absolute atomic E-state index is 13.3. The molecule has 0 radical (unpaired) electrons.